The maximum atomic E-state index is 14.5. The van der Waals surface area contributed by atoms with Crippen LogP contribution in [0.15, 0.2) is 32.2 Å². The summed E-state index contributed by atoms with van der Waals surface area (Å²) in [6.07, 6.45) is -5.00. The molecule has 0 aliphatic rings. The number of halogens is 5. The molecule has 3 rings (SSSR count). The van der Waals surface area contributed by atoms with Gasteiger partial charge in [-0.2, -0.15) is 13.2 Å². The number of benzene rings is 1. The van der Waals surface area contributed by atoms with Gasteiger partial charge in [-0.1, -0.05) is 11.6 Å². The summed E-state index contributed by atoms with van der Waals surface area (Å²) in [6.45, 7) is 0. The zero-order chi connectivity index (χ0) is 20.3. The van der Waals surface area contributed by atoms with Crippen molar-refractivity contribution >= 4 is 28.5 Å². The van der Waals surface area contributed by atoms with Crippen LogP contribution in [-0.4, -0.2) is 20.2 Å². The van der Waals surface area contributed by atoms with Crippen molar-refractivity contribution in [1.29, 1.82) is 0 Å². The number of hydrogen-bond donors (Lipinski definition) is 1. The molecule has 0 spiro atoms. The Labute approximate surface area is 150 Å². The molecule has 1 aromatic carbocycles. The van der Waals surface area contributed by atoms with E-state index in [9.17, 15) is 31.9 Å². The second kappa shape index (κ2) is 5.98. The summed E-state index contributed by atoms with van der Waals surface area (Å²) >= 11 is 5.82. The van der Waals surface area contributed by atoms with E-state index in [-0.39, 0.29) is 25.6 Å². The van der Waals surface area contributed by atoms with E-state index < -0.39 is 51.9 Å². The Bertz CT molecular complexity index is 1220. The number of carboxylic acids is 1. The molecule has 0 bridgehead atoms. The number of fused-ring (bicyclic) bond motifs is 1. The van der Waals surface area contributed by atoms with Crippen LogP contribution in [-0.2, 0) is 13.2 Å². The maximum absolute atomic E-state index is 14.5. The predicted octanol–water partition coefficient (Wildman–Crippen LogP) is 2.79. The lowest BCUT2D eigenvalue weighted by Gasteiger charge is -2.14. The van der Waals surface area contributed by atoms with E-state index in [4.69, 9.17) is 21.1 Å². The Hall–Kier alpha value is -3.08. The fraction of sp³-hybridized carbons (Fsp3) is 0.133. The van der Waals surface area contributed by atoms with Gasteiger partial charge >= 0.3 is 17.8 Å². The number of rotatable bonds is 2. The van der Waals surface area contributed by atoms with Gasteiger partial charge in [0.2, 0.25) is 5.76 Å². The second-order valence-corrected chi connectivity index (χ2v) is 5.80. The molecule has 0 aliphatic carbocycles. The van der Waals surface area contributed by atoms with E-state index in [1.165, 1.54) is 0 Å². The molecule has 12 heteroatoms. The number of hydrogen-bond acceptors (Lipinski definition) is 4. The number of aromatic nitrogens is 2. The van der Waals surface area contributed by atoms with E-state index in [1.807, 2.05) is 0 Å². The standard InChI is InChI=1S/C15H7ClF4N2O5/c1-21-9(15(18,19)20)4-10(23)22(14(21)26)11-7(17)3-6(16)5-2-8(13(24)25)27-12(5)11/h2-4H,1H3,(H,24,25). The van der Waals surface area contributed by atoms with Gasteiger partial charge in [0.1, 0.15) is 11.4 Å². The SMILES string of the molecule is Cn1c(C(F)(F)F)cc(=O)n(-c2c(F)cc(Cl)c3cc(C(=O)O)oc23)c1=O. The van der Waals surface area contributed by atoms with Crippen molar-refractivity contribution in [2.75, 3.05) is 0 Å². The molecule has 0 atom stereocenters. The third-order valence-corrected chi connectivity index (χ3v) is 4.04. The third-order valence-electron chi connectivity index (χ3n) is 3.73. The quantitative estimate of drug-likeness (QED) is 0.660. The topological polar surface area (TPSA) is 94.4 Å². The molecule has 0 saturated heterocycles. The minimum Gasteiger partial charge on any atom is -0.475 e. The summed E-state index contributed by atoms with van der Waals surface area (Å²) in [4.78, 5) is 35.6. The molecule has 1 N–H and O–H groups in total. The van der Waals surface area contributed by atoms with E-state index in [1.54, 1.807) is 0 Å². The Kier molecular flexibility index (Phi) is 4.14. The summed E-state index contributed by atoms with van der Waals surface area (Å²) in [5.41, 5.74) is -5.95. The van der Waals surface area contributed by atoms with Crippen LogP contribution in [0.1, 0.15) is 16.2 Å². The number of nitrogens with zero attached hydrogens (tertiary/aromatic N) is 2. The molecule has 0 fully saturated rings. The average Bonchev–Trinajstić information content (AvgIpc) is 2.98. The highest BCUT2D eigenvalue weighted by Crippen LogP contribution is 2.33. The predicted molar refractivity (Wildman–Crippen MR) is 84.0 cm³/mol. The highest BCUT2D eigenvalue weighted by Gasteiger charge is 2.35. The first-order valence-corrected chi connectivity index (χ1v) is 7.36. The molecule has 7 nitrogen and oxygen atoms in total. The number of alkyl halides is 3. The van der Waals surface area contributed by atoms with Crippen molar-refractivity contribution < 1.29 is 31.9 Å². The molecule has 27 heavy (non-hydrogen) atoms. The van der Waals surface area contributed by atoms with Crippen LogP contribution in [0.2, 0.25) is 5.02 Å². The Morgan fingerprint density at radius 3 is 2.41 bits per heavy atom. The first-order valence-electron chi connectivity index (χ1n) is 6.99. The van der Waals surface area contributed by atoms with Gasteiger partial charge in [-0.05, 0) is 6.07 Å². The smallest absolute Gasteiger partial charge is 0.431 e. The Morgan fingerprint density at radius 2 is 1.85 bits per heavy atom. The molecular weight excluding hydrogens is 400 g/mol. The fourth-order valence-corrected chi connectivity index (χ4v) is 2.76. The van der Waals surface area contributed by atoms with Crippen LogP contribution in [0, 0.1) is 5.82 Å². The van der Waals surface area contributed by atoms with E-state index in [0.717, 1.165) is 13.1 Å². The largest absolute Gasteiger partial charge is 0.475 e. The highest BCUT2D eigenvalue weighted by molar-refractivity contribution is 6.35. The van der Waals surface area contributed by atoms with Crippen LogP contribution in [0.4, 0.5) is 17.6 Å². The lowest BCUT2D eigenvalue weighted by Crippen LogP contribution is -2.41. The Morgan fingerprint density at radius 1 is 1.22 bits per heavy atom. The fourth-order valence-electron chi connectivity index (χ4n) is 2.53. The summed E-state index contributed by atoms with van der Waals surface area (Å²) in [6, 6.07) is 1.73. The van der Waals surface area contributed by atoms with Crippen LogP contribution < -0.4 is 11.2 Å². The zero-order valence-electron chi connectivity index (χ0n) is 13.1. The van der Waals surface area contributed by atoms with Gasteiger partial charge in [-0.3, -0.25) is 9.36 Å². The molecular formula is C15H7ClF4N2O5. The Balaban J connectivity index is 2.47. The van der Waals surface area contributed by atoms with E-state index >= 15 is 0 Å². The average molecular weight is 407 g/mol. The van der Waals surface area contributed by atoms with Crippen molar-refractivity contribution in [2.45, 2.75) is 6.18 Å². The third kappa shape index (κ3) is 2.89. The van der Waals surface area contributed by atoms with Crippen molar-refractivity contribution in [1.82, 2.24) is 9.13 Å². The normalized spacial score (nSPS) is 11.9. The number of carboxylic acid groups (broad SMARTS) is 1. The lowest BCUT2D eigenvalue weighted by atomic mass is 10.2. The molecule has 0 amide bonds. The number of aromatic carboxylic acids is 1. The summed E-state index contributed by atoms with van der Waals surface area (Å²) in [5.74, 6) is -3.48. The van der Waals surface area contributed by atoms with E-state index in [2.05, 4.69) is 0 Å². The highest BCUT2D eigenvalue weighted by atomic mass is 35.5. The van der Waals surface area contributed by atoms with Gasteiger partial charge < -0.3 is 9.52 Å². The number of furan rings is 1. The molecule has 0 radical (unpaired) electrons. The molecule has 142 valence electrons. The number of carbonyl (C=O) groups is 1. The van der Waals surface area contributed by atoms with Gasteiger partial charge in [0.05, 0.1) is 5.02 Å². The summed E-state index contributed by atoms with van der Waals surface area (Å²) in [5, 5.41) is 8.58. The van der Waals surface area contributed by atoms with Gasteiger partial charge in [0, 0.05) is 24.6 Å². The van der Waals surface area contributed by atoms with E-state index in [0.29, 0.717) is 6.07 Å². The van der Waals surface area contributed by atoms with Gasteiger partial charge in [0.15, 0.2) is 11.4 Å². The van der Waals surface area contributed by atoms with Crippen molar-refractivity contribution in [3.63, 3.8) is 0 Å². The molecule has 0 aliphatic heterocycles. The lowest BCUT2D eigenvalue weighted by molar-refractivity contribution is -0.144. The molecule has 0 unspecified atom stereocenters. The van der Waals surface area contributed by atoms with Gasteiger partial charge in [-0.15, -0.1) is 0 Å². The second-order valence-electron chi connectivity index (χ2n) is 5.39. The van der Waals surface area contributed by atoms with Crippen LogP contribution in [0.5, 0.6) is 0 Å². The first-order chi connectivity index (χ1) is 12.4. The molecule has 2 aromatic heterocycles. The minimum absolute atomic E-state index is 0.109. The van der Waals surface area contributed by atoms with Gasteiger partial charge in [-0.25, -0.2) is 18.5 Å². The molecule has 2 heterocycles. The van der Waals surface area contributed by atoms with Crippen molar-refractivity contribution in [3.05, 3.63) is 61.3 Å². The molecule has 0 saturated carbocycles. The van der Waals surface area contributed by atoms with Crippen molar-refractivity contribution in [3.8, 4) is 5.69 Å². The van der Waals surface area contributed by atoms with Gasteiger partial charge in [0.25, 0.3) is 5.56 Å². The molecule has 3 aromatic rings. The maximum Gasteiger partial charge on any atom is 0.431 e. The van der Waals surface area contributed by atoms with Crippen molar-refractivity contribution in [2.24, 2.45) is 7.05 Å². The van der Waals surface area contributed by atoms with Crippen LogP contribution in [0.25, 0.3) is 16.7 Å². The van der Waals surface area contributed by atoms with Crippen LogP contribution >= 0.6 is 11.6 Å². The van der Waals surface area contributed by atoms with Crippen LogP contribution in [0.3, 0.4) is 0 Å². The minimum atomic E-state index is -5.00. The summed E-state index contributed by atoms with van der Waals surface area (Å²) in [7, 11) is 0.747. The monoisotopic (exact) mass is 406 g/mol. The summed E-state index contributed by atoms with van der Waals surface area (Å²) < 4.78 is 58.5. The first kappa shape index (κ1) is 18.7. The zero-order valence-corrected chi connectivity index (χ0v) is 13.9.